The molecule has 0 saturated heterocycles. The molecule has 0 aliphatic heterocycles. The Morgan fingerprint density at radius 1 is 0.909 bits per heavy atom. The van der Waals surface area contributed by atoms with Crippen molar-refractivity contribution in [2.75, 3.05) is 13.1 Å². The minimum atomic E-state index is 0.808. The first kappa shape index (κ1) is 7.56. The Kier molecular flexibility index (Phi) is 1.90. The van der Waals surface area contributed by atoms with E-state index in [2.05, 4.69) is 0 Å². The molecule has 0 spiro atoms. The van der Waals surface area contributed by atoms with Gasteiger partial charge in [0.25, 0.3) is 0 Å². The summed E-state index contributed by atoms with van der Waals surface area (Å²) in [4.78, 5) is 0. The minimum absolute atomic E-state index is 0.808. The van der Waals surface area contributed by atoms with E-state index in [4.69, 9.17) is 11.5 Å². The van der Waals surface area contributed by atoms with E-state index in [1.807, 2.05) is 0 Å². The molecule has 0 amide bonds. The van der Waals surface area contributed by atoms with Gasteiger partial charge >= 0.3 is 0 Å². The molecule has 2 fully saturated rings. The molecule has 2 aliphatic carbocycles. The number of nitrogens with two attached hydrogens (primary N) is 2. The van der Waals surface area contributed by atoms with Crippen LogP contribution in [0.1, 0.15) is 19.3 Å². The monoisotopic (exact) mass is 154 g/mol. The van der Waals surface area contributed by atoms with Crippen LogP contribution in [0.4, 0.5) is 0 Å². The summed E-state index contributed by atoms with van der Waals surface area (Å²) in [5.41, 5.74) is 11.4. The van der Waals surface area contributed by atoms with Crippen molar-refractivity contribution in [2.24, 2.45) is 35.1 Å². The Balaban J connectivity index is 2.02. The molecule has 0 aromatic rings. The second kappa shape index (κ2) is 2.76. The predicted octanol–water partition coefficient (Wildman–Crippen LogP) is 0.566. The van der Waals surface area contributed by atoms with Gasteiger partial charge in [-0.05, 0) is 56.0 Å². The molecule has 2 nitrogen and oxygen atoms in total. The summed E-state index contributed by atoms with van der Waals surface area (Å²) in [6.45, 7) is 1.77. The predicted molar refractivity (Wildman–Crippen MR) is 45.9 cm³/mol. The maximum Gasteiger partial charge on any atom is -0.00460 e. The first-order valence-corrected chi connectivity index (χ1v) is 4.75. The van der Waals surface area contributed by atoms with Gasteiger partial charge < -0.3 is 11.5 Å². The molecule has 11 heavy (non-hydrogen) atoms. The van der Waals surface area contributed by atoms with E-state index in [0.29, 0.717) is 0 Å². The zero-order valence-corrected chi connectivity index (χ0v) is 7.00. The van der Waals surface area contributed by atoms with Crippen LogP contribution in [0.25, 0.3) is 0 Å². The fraction of sp³-hybridized carbons (Fsp3) is 1.00. The van der Waals surface area contributed by atoms with Gasteiger partial charge in [-0.3, -0.25) is 0 Å². The van der Waals surface area contributed by atoms with Crippen LogP contribution in [0.2, 0.25) is 0 Å². The first-order chi connectivity index (χ1) is 5.35. The molecular weight excluding hydrogens is 136 g/mol. The normalized spacial score (nSPS) is 48.5. The van der Waals surface area contributed by atoms with Crippen molar-refractivity contribution in [1.29, 1.82) is 0 Å². The Labute approximate surface area is 68.3 Å². The van der Waals surface area contributed by atoms with Crippen molar-refractivity contribution in [3.05, 3.63) is 0 Å². The van der Waals surface area contributed by atoms with E-state index in [0.717, 1.165) is 36.8 Å². The molecule has 4 atom stereocenters. The fourth-order valence-corrected chi connectivity index (χ4v) is 3.19. The van der Waals surface area contributed by atoms with Gasteiger partial charge in [0, 0.05) is 0 Å². The summed E-state index contributed by atoms with van der Waals surface area (Å²) in [6.07, 6.45) is 4.19. The average Bonchev–Trinajstić information content (AvgIpc) is 2.60. The molecule has 64 valence electrons. The molecule has 0 heterocycles. The lowest BCUT2D eigenvalue weighted by Gasteiger charge is -2.27. The Morgan fingerprint density at radius 2 is 1.45 bits per heavy atom. The molecule has 0 radical (unpaired) electrons. The van der Waals surface area contributed by atoms with Gasteiger partial charge in [0.2, 0.25) is 0 Å². The maximum atomic E-state index is 5.70. The summed E-state index contributed by atoms with van der Waals surface area (Å²) < 4.78 is 0. The molecule has 2 rings (SSSR count). The highest BCUT2D eigenvalue weighted by Gasteiger charge is 2.44. The van der Waals surface area contributed by atoms with E-state index < -0.39 is 0 Å². The van der Waals surface area contributed by atoms with Crippen LogP contribution in [-0.4, -0.2) is 13.1 Å². The van der Waals surface area contributed by atoms with Crippen LogP contribution in [0, 0.1) is 23.7 Å². The SMILES string of the molecule is NC[C@@H]1CC2CC1[C@@H](CN)C2. The zero-order valence-electron chi connectivity index (χ0n) is 7.00. The second-order valence-electron chi connectivity index (χ2n) is 4.23. The van der Waals surface area contributed by atoms with Gasteiger partial charge in [-0.15, -0.1) is 0 Å². The minimum Gasteiger partial charge on any atom is -0.330 e. The molecule has 2 heteroatoms. The maximum absolute atomic E-state index is 5.70. The van der Waals surface area contributed by atoms with Crippen molar-refractivity contribution in [3.8, 4) is 0 Å². The van der Waals surface area contributed by atoms with Crippen LogP contribution >= 0.6 is 0 Å². The van der Waals surface area contributed by atoms with Crippen LogP contribution in [-0.2, 0) is 0 Å². The number of hydrogen-bond donors (Lipinski definition) is 2. The molecule has 2 bridgehead atoms. The smallest absolute Gasteiger partial charge is 0.00460 e. The summed E-state index contributed by atoms with van der Waals surface area (Å²) >= 11 is 0. The molecule has 0 aromatic heterocycles. The Bertz CT molecular complexity index is 132. The topological polar surface area (TPSA) is 52.0 Å². The van der Waals surface area contributed by atoms with E-state index in [-0.39, 0.29) is 0 Å². The highest BCUT2D eigenvalue weighted by molar-refractivity contribution is 4.95. The van der Waals surface area contributed by atoms with Crippen LogP contribution in [0.3, 0.4) is 0 Å². The lowest BCUT2D eigenvalue weighted by molar-refractivity contribution is 0.249. The van der Waals surface area contributed by atoms with Gasteiger partial charge in [0.05, 0.1) is 0 Å². The molecule has 2 unspecified atom stereocenters. The standard InChI is InChI=1S/C9H18N2/c10-4-7-1-6-2-8(5-11)9(7)3-6/h6-9H,1-5,10-11H2/t6?,7-,8+,9?. The second-order valence-corrected chi connectivity index (χ2v) is 4.23. The molecule has 2 aliphatic rings. The van der Waals surface area contributed by atoms with E-state index in [1.165, 1.54) is 19.3 Å². The summed E-state index contributed by atoms with van der Waals surface area (Å²) in [7, 11) is 0. The third kappa shape index (κ3) is 1.09. The molecular formula is C9H18N2. The average molecular weight is 154 g/mol. The van der Waals surface area contributed by atoms with Gasteiger partial charge in [0.1, 0.15) is 0 Å². The third-order valence-electron chi connectivity index (χ3n) is 3.69. The van der Waals surface area contributed by atoms with Gasteiger partial charge in [-0.2, -0.15) is 0 Å². The number of rotatable bonds is 2. The van der Waals surface area contributed by atoms with Crippen LogP contribution in [0.15, 0.2) is 0 Å². The lowest BCUT2D eigenvalue weighted by atomic mass is 9.81. The Hall–Kier alpha value is -0.0800. The van der Waals surface area contributed by atoms with Crippen molar-refractivity contribution >= 4 is 0 Å². The van der Waals surface area contributed by atoms with E-state index >= 15 is 0 Å². The summed E-state index contributed by atoms with van der Waals surface area (Å²) in [5.74, 6) is 3.47. The number of fused-ring (bicyclic) bond motifs is 2. The zero-order chi connectivity index (χ0) is 7.84. The van der Waals surface area contributed by atoms with Crippen LogP contribution < -0.4 is 11.5 Å². The third-order valence-corrected chi connectivity index (χ3v) is 3.69. The largest absolute Gasteiger partial charge is 0.330 e. The molecule has 0 aromatic carbocycles. The summed E-state index contributed by atoms with van der Waals surface area (Å²) in [5, 5.41) is 0. The molecule has 2 saturated carbocycles. The van der Waals surface area contributed by atoms with Crippen molar-refractivity contribution in [3.63, 3.8) is 0 Å². The summed E-state index contributed by atoms with van der Waals surface area (Å²) in [6, 6.07) is 0. The van der Waals surface area contributed by atoms with E-state index in [1.54, 1.807) is 0 Å². The molecule has 4 N–H and O–H groups in total. The van der Waals surface area contributed by atoms with Gasteiger partial charge in [-0.25, -0.2) is 0 Å². The van der Waals surface area contributed by atoms with Crippen molar-refractivity contribution in [2.45, 2.75) is 19.3 Å². The first-order valence-electron chi connectivity index (χ1n) is 4.75. The van der Waals surface area contributed by atoms with Crippen LogP contribution in [0.5, 0.6) is 0 Å². The highest BCUT2D eigenvalue weighted by atomic mass is 14.7. The van der Waals surface area contributed by atoms with Gasteiger partial charge in [-0.1, -0.05) is 0 Å². The lowest BCUT2D eigenvalue weighted by Crippen LogP contribution is -2.30. The Morgan fingerprint density at radius 3 is 1.82 bits per heavy atom. The van der Waals surface area contributed by atoms with Crippen molar-refractivity contribution < 1.29 is 0 Å². The van der Waals surface area contributed by atoms with Gasteiger partial charge in [0.15, 0.2) is 0 Å². The number of hydrogen-bond acceptors (Lipinski definition) is 2. The van der Waals surface area contributed by atoms with Crippen molar-refractivity contribution in [1.82, 2.24) is 0 Å². The fourth-order valence-electron chi connectivity index (χ4n) is 3.19. The quantitative estimate of drug-likeness (QED) is 0.611. The highest BCUT2D eigenvalue weighted by Crippen LogP contribution is 2.50. The van der Waals surface area contributed by atoms with E-state index in [9.17, 15) is 0 Å².